The number of pyridine rings is 1. The third kappa shape index (κ3) is 3.47. The fourth-order valence-electron chi connectivity index (χ4n) is 3.93. The van der Waals surface area contributed by atoms with Gasteiger partial charge in [0.05, 0.1) is 9.82 Å². The summed E-state index contributed by atoms with van der Waals surface area (Å²) in [7, 11) is -3.58. The Balaban J connectivity index is 1.51. The van der Waals surface area contributed by atoms with E-state index < -0.39 is 14.9 Å². The molecule has 1 aromatic carbocycles. The van der Waals surface area contributed by atoms with Crippen molar-refractivity contribution in [1.82, 2.24) is 9.29 Å². The van der Waals surface area contributed by atoms with Gasteiger partial charge in [0.15, 0.2) is 0 Å². The first kappa shape index (κ1) is 18.8. The topological polar surface area (TPSA) is 96.7 Å². The highest BCUT2D eigenvalue weighted by molar-refractivity contribution is 7.89. The van der Waals surface area contributed by atoms with Crippen molar-refractivity contribution in [2.24, 2.45) is 0 Å². The first-order valence-corrected chi connectivity index (χ1v) is 10.9. The molecule has 2 heterocycles. The van der Waals surface area contributed by atoms with Gasteiger partial charge in [0.1, 0.15) is 0 Å². The monoisotopic (exact) mass is 402 g/mol. The van der Waals surface area contributed by atoms with E-state index in [1.807, 2.05) is 12.1 Å². The molecule has 1 aliphatic heterocycles. The average Bonchev–Trinajstić information content (AvgIpc) is 2.73. The van der Waals surface area contributed by atoms with Crippen LogP contribution in [0.2, 0.25) is 0 Å². The van der Waals surface area contributed by atoms with Gasteiger partial charge < -0.3 is 4.90 Å². The third-order valence-electron chi connectivity index (χ3n) is 5.46. The molecule has 0 bridgehead atoms. The summed E-state index contributed by atoms with van der Waals surface area (Å²) >= 11 is 0. The van der Waals surface area contributed by atoms with E-state index >= 15 is 0 Å². The number of aryl methyl sites for hydroxylation is 2. The molecule has 0 radical (unpaired) electrons. The van der Waals surface area contributed by atoms with Crippen LogP contribution in [-0.2, 0) is 22.9 Å². The van der Waals surface area contributed by atoms with E-state index in [-0.39, 0.29) is 18.8 Å². The van der Waals surface area contributed by atoms with Gasteiger partial charge in [0.25, 0.3) is 0 Å². The number of rotatable bonds is 4. The van der Waals surface area contributed by atoms with Crippen molar-refractivity contribution in [1.29, 1.82) is 0 Å². The largest absolute Gasteiger partial charge is 0.348 e. The first-order chi connectivity index (χ1) is 13.5. The van der Waals surface area contributed by atoms with Crippen molar-refractivity contribution >= 4 is 21.5 Å². The SMILES string of the molecule is O=[N+]([O-])c1cccnc1N1CCN(S(=O)(=O)c2ccc3c(c2)CCCC3)CC1. The van der Waals surface area contributed by atoms with Crippen LogP contribution in [-0.4, -0.2) is 48.8 Å². The number of sulfonamides is 1. The second kappa shape index (κ2) is 7.48. The Bertz CT molecular complexity index is 1000. The molecule has 0 atom stereocenters. The Labute approximate surface area is 164 Å². The van der Waals surface area contributed by atoms with Crippen LogP contribution in [0.5, 0.6) is 0 Å². The molecule has 0 unspecified atom stereocenters. The van der Waals surface area contributed by atoms with Crippen LogP contribution >= 0.6 is 0 Å². The van der Waals surface area contributed by atoms with Crippen molar-refractivity contribution in [2.45, 2.75) is 30.6 Å². The maximum absolute atomic E-state index is 13.1. The third-order valence-corrected chi connectivity index (χ3v) is 7.35. The predicted octanol–water partition coefficient (Wildman–Crippen LogP) is 2.38. The molecule has 0 spiro atoms. The number of anilines is 1. The maximum atomic E-state index is 13.1. The van der Waals surface area contributed by atoms with E-state index in [0.717, 1.165) is 31.2 Å². The normalized spacial score (nSPS) is 17.9. The fourth-order valence-corrected chi connectivity index (χ4v) is 5.41. The lowest BCUT2D eigenvalue weighted by Crippen LogP contribution is -2.49. The molecule has 8 nitrogen and oxygen atoms in total. The number of nitro groups is 1. The highest BCUT2D eigenvalue weighted by Crippen LogP contribution is 2.29. The Morgan fingerprint density at radius 3 is 2.43 bits per heavy atom. The predicted molar refractivity (Wildman–Crippen MR) is 105 cm³/mol. The number of hydrogen-bond acceptors (Lipinski definition) is 6. The first-order valence-electron chi connectivity index (χ1n) is 9.43. The zero-order chi connectivity index (χ0) is 19.7. The lowest BCUT2D eigenvalue weighted by Gasteiger charge is -2.34. The van der Waals surface area contributed by atoms with Crippen LogP contribution in [0.1, 0.15) is 24.0 Å². The molecule has 0 amide bonds. The molecule has 148 valence electrons. The highest BCUT2D eigenvalue weighted by atomic mass is 32.2. The molecule has 9 heteroatoms. The zero-order valence-corrected chi connectivity index (χ0v) is 16.3. The standard InChI is InChI=1S/C19H22N4O4S/c24-23(25)18-6-3-9-20-19(18)21-10-12-22(13-11-21)28(26,27)17-8-7-15-4-1-2-5-16(15)14-17/h3,6-9,14H,1-2,4-5,10-13H2. The van der Waals surface area contributed by atoms with Gasteiger partial charge in [-0.1, -0.05) is 6.07 Å². The highest BCUT2D eigenvalue weighted by Gasteiger charge is 2.31. The number of fused-ring (bicyclic) bond motifs is 1. The molecule has 1 aromatic heterocycles. The summed E-state index contributed by atoms with van der Waals surface area (Å²) in [5, 5.41) is 11.2. The molecule has 2 aromatic rings. The summed E-state index contributed by atoms with van der Waals surface area (Å²) < 4.78 is 27.6. The number of nitrogens with zero attached hydrogens (tertiary/aromatic N) is 4. The fraction of sp³-hybridized carbons (Fsp3) is 0.421. The van der Waals surface area contributed by atoms with Crippen molar-refractivity contribution in [2.75, 3.05) is 31.1 Å². The van der Waals surface area contributed by atoms with Crippen LogP contribution in [0.15, 0.2) is 41.4 Å². The summed E-state index contributed by atoms with van der Waals surface area (Å²) in [6, 6.07) is 8.40. The van der Waals surface area contributed by atoms with Crippen molar-refractivity contribution in [3.8, 4) is 0 Å². The summed E-state index contributed by atoms with van der Waals surface area (Å²) in [5.41, 5.74) is 2.32. The van der Waals surface area contributed by atoms with Crippen LogP contribution in [0.3, 0.4) is 0 Å². The number of hydrogen-bond donors (Lipinski definition) is 0. The lowest BCUT2D eigenvalue weighted by atomic mass is 9.92. The van der Waals surface area contributed by atoms with Gasteiger partial charge >= 0.3 is 5.69 Å². The molecule has 4 rings (SSSR count). The van der Waals surface area contributed by atoms with Gasteiger partial charge in [0, 0.05) is 38.4 Å². The molecule has 1 saturated heterocycles. The minimum absolute atomic E-state index is 0.0616. The summed E-state index contributed by atoms with van der Waals surface area (Å²) in [5.74, 6) is 0.290. The molecule has 0 saturated carbocycles. The molecule has 1 fully saturated rings. The lowest BCUT2D eigenvalue weighted by molar-refractivity contribution is -0.384. The number of benzene rings is 1. The molecule has 2 aliphatic rings. The van der Waals surface area contributed by atoms with Gasteiger partial charge in [0.2, 0.25) is 15.8 Å². The Morgan fingerprint density at radius 1 is 1.00 bits per heavy atom. The molecule has 28 heavy (non-hydrogen) atoms. The molecular formula is C19H22N4O4S. The van der Waals surface area contributed by atoms with Crippen molar-refractivity contribution in [3.05, 3.63) is 57.8 Å². The smallest absolute Gasteiger partial charge is 0.311 e. The van der Waals surface area contributed by atoms with E-state index in [1.54, 1.807) is 11.0 Å². The number of piperazine rings is 1. The average molecular weight is 402 g/mol. The van der Waals surface area contributed by atoms with E-state index in [9.17, 15) is 18.5 Å². The summed E-state index contributed by atoms with van der Waals surface area (Å²) in [4.78, 5) is 17.0. The van der Waals surface area contributed by atoms with Crippen LogP contribution in [0.25, 0.3) is 0 Å². The van der Waals surface area contributed by atoms with E-state index in [4.69, 9.17) is 0 Å². The summed E-state index contributed by atoms with van der Waals surface area (Å²) in [6.07, 6.45) is 5.70. The van der Waals surface area contributed by atoms with E-state index in [1.165, 1.54) is 28.2 Å². The van der Waals surface area contributed by atoms with Gasteiger partial charge in [-0.05, 0) is 55.0 Å². The minimum Gasteiger partial charge on any atom is -0.348 e. The van der Waals surface area contributed by atoms with Crippen molar-refractivity contribution < 1.29 is 13.3 Å². The van der Waals surface area contributed by atoms with Gasteiger partial charge in [-0.15, -0.1) is 0 Å². The molecule has 0 N–H and O–H groups in total. The quantitative estimate of drug-likeness (QED) is 0.575. The Morgan fingerprint density at radius 2 is 1.71 bits per heavy atom. The maximum Gasteiger partial charge on any atom is 0.311 e. The Hall–Kier alpha value is -2.52. The molecular weight excluding hydrogens is 380 g/mol. The van der Waals surface area contributed by atoms with Crippen molar-refractivity contribution in [3.63, 3.8) is 0 Å². The molecule has 1 aliphatic carbocycles. The second-order valence-electron chi connectivity index (χ2n) is 7.13. The summed E-state index contributed by atoms with van der Waals surface area (Å²) in [6.45, 7) is 1.27. The second-order valence-corrected chi connectivity index (χ2v) is 9.07. The number of aromatic nitrogens is 1. The minimum atomic E-state index is -3.58. The van der Waals surface area contributed by atoms with Crippen LogP contribution in [0, 0.1) is 10.1 Å². The van der Waals surface area contributed by atoms with Gasteiger partial charge in [-0.2, -0.15) is 4.31 Å². The van der Waals surface area contributed by atoms with E-state index in [2.05, 4.69) is 4.98 Å². The van der Waals surface area contributed by atoms with E-state index in [0.29, 0.717) is 23.8 Å². The van der Waals surface area contributed by atoms with Gasteiger partial charge in [-0.3, -0.25) is 10.1 Å². The van der Waals surface area contributed by atoms with Crippen LogP contribution < -0.4 is 4.90 Å². The van der Waals surface area contributed by atoms with Gasteiger partial charge in [-0.25, -0.2) is 13.4 Å². The van der Waals surface area contributed by atoms with Crippen LogP contribution in [0.4, 0.5) is 11.5 Å². The Kier molecular flexibility index (Phi) is 5.03. The zero-order valence-electron chi connectivity index (χ0n) is 15.5.